The largest absolute Gasteiger partial charge is 0.298 e. The second-order valence-electron chi connectivity index (χ2n) is 7.80. The van der Waals surface area contributed by atoms with E-state index in [2.05, 4.69) is 28.5 Å². The van der Waals surface area contributed by atoms with E-state index in [0.29, 0.717) is 10.7 Å². The molecule has 1 aliphatic carbocycles. The highest BCUT2D eigenvalue weighted by molar-refractivity contribution is 7.89. The number of benzene rings is 3. The van der Waals surface area contributed by atoms with Gasteiger partial charge in [-0.15, -0.1) is 11.3 Å². The highest BCUT2D eigenvalue weighted by Gasteiger charge is 2.35. The van der Waals surface area contributed by atoms with Crippen LogP contribution < -0.4 is 5.32 Å². The molecule has 0 bridgehead atoms. The van der Waals surface area contributed by atoms with Gasteiger partial charge in [-0.1, -0.05) is 42.5 Å². The maximum atomic E-state index is 12.7. The second-order valence-corrected chi connectivity index (χ2v) is 10.7. The van der Waals surface area contributed by atoms with E-state index in [-0.39, 0.29) is 16.8 Å². The van der Waals surface area contributed by atoms with Gasteiger partial charge in [-0.25, -0.2) is 13.4 Å². The van der Waals surface area contributed by atoms with Crippen LogP contribution in [-0.4, -0.2) is 36.7 Å². The van der Waals surface area contributed by atoms with E-state index in [1.54, 1.807) is 7.05 Å². The Morgan fingerprint density at radius 3 is 2.50 bits per heavy atom. The maximum Gasteiger partial charge on any atom is 0.257 e. The van der Waals surface area contributed by atoms with Crippen molar-refractivity contribution in [3.05, 3.63) is 77.7 Å². The number of anilines is 1. The first-order valence-electron chi connectivity index (χ1n) is 10.3. The molecule has 4 aromatic rings. The zero-order valence-corrected chi connectivity index (χ0v) is 19.0. The minimum atomic E-state index is -3.53. The van der Waals surface area contributed by atoms with Crippen molar-refractivity contribution < 1.29 is 13.2 Å². The fourth-order valence-corrected chi connectivity index (χ4v) is 5.77. The van der Waals surface area contributed by atoms with Crippen molar-refractivity contribution in [2.45, 2.75) is 23.8 Å². The van der Waals surface area contributed by atoms with Gasteiger partial charge in [0, 0.05) is 29.6 Å². The van der Waals surface area contributed by atoms with Gasteiger partial charge in [-0.3, -0.25) is 10.1 Å². The molecule has 1 aliphatic rings. The summed E-state index contributed by atoms with van der Waals surface area (Å²) in [5.41, 5.74) is 2.18. The van der Waals surface area contributed by atoms with Gasteiger partial charge in [-0.05, 0) is 47.9 Å². The first-order valence-corrected chi connectivity index (χ1v) is 12.6. The molecule has 0 aliphatic heterocycles. The van der Waals surface area contributed by atoms with Crippen LogP contribution in [0.5, 0.6) is 0 Å². The van der Waals surface area contributed by atoms with Crippen molar-refractivity contribution in [3.63, 3.8) is 0 Å². The molecule has 0 unspecified atom stereocenters. The summed E-state index contributed by atoms with van der Waals surface area (Å²) in [7, 11) is -1.93. The molecule has 1 aromatic heterocycles. The Bertz CT molecular complexity index is 1400. The summed E-state index contributed by atoms with van der Waals surface area (Å²) in [6.07, 6.45) is 1.79. The van der Waals surface area contributed by atoms with E-state index in [0.717, 1.165) is 34.9 Å². The molecule has 1 fully saturated rings. The average Bonchev–Trinajstić information content (AvgIpc) is 3.57. The molecule has 0 spiro atoms. The summed E-state index contributed by atoms with van der Waals surface area (Å²) in [5.74, 6) is -0.330. The summed E-state index contributed by atoms with van der Waals surface area (Å²) in [6.45, 7) is 0. The number of carbonyl (C=O) groups excluding carboxylic acids is 1. The van der Waals surface area contributed by atoms with Crippen LogP contribution in [0.4, 0.5) is 5.13 Å². The SMILES string of the molecule is CN(C1CC1)S(=O)(=O)c1ccc(C(=O)Nc2nc(-c3cccc4ccccc34)cs2)cc1. The van der Waals surface area contributed by atoms with Crippen LogP contribution >= 0.6 is 11.3 Å². The van der Waals surface area contributed by atoms with E-state index in [1.807, 2.05) is 29.6 Å². The quantitative estimate of drug-likeness (QED) is 0.436. The van der Waals surface area contributed by atoms with Gasteiger partial charge in [0.05, 0.1) is 10.6 Å². The molecular formula is C24H21N3O3S2. The predicted molar refractivity (Wildman–Crippen MR) is 127 cm³/mol. The normalized spacial score (nSPS) is 14.1. The van der Waals surface area contributed by atoms with E-state index in [4.69, 9.17) is 0 Å². The standard InChI is InChI=1S/C24H21N3O3S2/c1-27(18-11-12-18)32(29,30)19-13-9-17(10-14-19)23(28)26-24-25-22(15-31-24)21-8-4-6-16-5-2-3-7-20(16)21/h2-10,13-15,18H,11-12H2,1H3,(H,25,26,28). The molecule has 1 amide bonds. The summed E-state index contributed by atoms with van der Waals surface area (Å²) in [6, 6.07) is 20.3. The van der Waals surface area contributed by atoms with Crippen molar-refractivity contribution >= 4 is 43.2 Å². The third-order valence-corrected chi connectivity index (χ3v) is 8.33. The highest BCUT2D eigenvalue weighted by Crippen LogP contribution is 2.32. The Hall–Kier alpha value is -3.07. The Morgan fingerprint density at radius 1 is 1.03 bits per heavy atom. The second kappa shape index (κ2) is 8.12. The van der Waals surface area contributed by atoms with Gasteiger partial charge in [0.15, 0.2) is 5.13 Å². The summed E-state index contributed by atoms with van der Waals surface area (Å²) in [4.78, 5) is 17.5. The first kappa shape index (κ1) is 20.8. The molecule has 0 saturated heterocycles. The number of hydrogen-bond donors (Lipinski definition) is 1. The lowest BCUT2D eigenvalue weighted by Gasteiger charge is -2.16. The van der Waals surface area contributed by atoms with Crippen LogP contribution in [0.2, 0.25) is 0 Å². The number of hydrogen-bond acceptors (Lipinski definition) is 5. The fraction of sp³-hybridized carbons (Fsp3) is 0.167. The van der Waals surface area contributed by atoms with Gasteiger partial charge in [0.2, 0.25) is 10.0 Å². The average molecular weight is 464 g/mol. The summed E-state index contributed by atoms with van der Waals surface area (Å²) < 4.78 is 26.7. The lowest BCUT2D eigenvalue weighted by Crippen LogP contribution is -2.29. The molecule has 162 valence electrons. The minimum absolute atomic E-state index is 0.0869. The lowest BCUT2D eigenvalue weighted by atomic mass is 10.0. The third kappa shape index (κ3) is 3.92. The van der Waals surface area contributed by atoms with Crippen molar-refractivity contribution in [1.29, 1.82) is 0 Å². The molecule has 1 saturated carbocycles. The number of fused-ring (bicyclic) bond motifs is 1. The Morgan fingerprint density at radius 2 is 1.75 bits per heavy atom. The van der Waals surface area contributed by atoms with Crippen LogP contribution in [0.15, 0.2) is 77.0 Å². The molecule has 1 heterocycles. The number of rotatable bonds is 6. The van der Waals surface area contributed by atoms with E-state index < -0.39 is 10.0 Å². The monoisotopic (exact) mass is 463 g/mol. The Balaban J connectivity index is 1.33. The molecular weight excluding hydrogens is 442 g/mol. The van der Waals surface area contributed by atoms with Gasteiger partial charge in [0.25, 0.3) is 5.91 Å². The third-order valence-electron chi connectivity index (χ3n) is 5.64. The highest BCUT2D eigenvalue weighted by atomic mass is 32.2. The molecule has 6 nitrogen and oxygen atoms in total. The molecule has 5 rings (SSSR count). The van der Waals surface area contributed by atoms with E-state index >= 15 is 0 Å². The molecule has 1 N–H and O–H groups in total. The zero-order chi connectivity index (χ0) is 22.3. The van der Waals surface area contributed by atoms with Crippen molar-refractivity contribution in [3.8, 4) is 11.3 Å². The number of sulfonamides is 1. The number of nitrogens with one attached hydrogen (secondary N) is 1. The van der Waals surface area contributed by atoms with Crippen LogP contribution in [-0.2, 0) is 10.0 Å². The van der Waals surface area contributed by atoms with Crippen LogP contribution in [0.25, 0.3) is 22.0 Å². The maximum absolute atomic E-state index is 12.7. The fourth-order valence-electron chi connectivity index (χ4n) is 3.65. The number of amides is 1. The number of carbonyl (C=O) groups is 1. The molecule has 32 heavy (non-hydrogen) atoms. The molecule has 3 aromatic carbocycles. The van der Waals surface area contributed by atoms with Gasteiger partial charge >= 0.3 is 0 Å². The van der Waals surface area contributed by atoms with Crippen molar-refractivity contribution in [1.82, 2.24) is 9.29 Å². The van der Waals surface area contributed by atoms with E-state index in [9.17, 15) is 13.2 Å². The Labute approximate surface area is 190 Å². The zero-order valence-electron chi connectivity index (χ0n) is 17.4. The first-order chi connectivity index (χ1) is 15.4. The topological polar surface area (TPSA) is 79.4 Å². The smallest absolute Gasteiger partial charge is 0.257 e. The molecule has 0 atom stereocenters. The number of thiazole rings is 1. The van der Waals surface area contributed by atoms with Crippen molar-refractivity contribution in [2.24, 2.45) is 0 Å². The summed E-state index contributed by atoms with van der Waals surface area (Å²) in [5, 5.41) is 7.45. The van der Waals surface area contributed by atoms with Gasteiger partial charge in [0.1, 0.15) is 0 Å². The van der Waals surface area contributed by atoms with Gasteiger partial charge in [-0.2, -0.15) is 4.31 Å². The minimum Gasteiger partial charge on any atom is -0.298 e. The summed E-state index contributed by atoms with van der Waals surface area (Å²) >= 11 is 1.35. The Kier molecular flexibility index (Phi) is 5.28. The van der Waals surface area contributed by atoms with Crippen LogP contribution in [0.1, 0.15) is 23.2 Å². The number of aromatic nitrogens is 1. The molecule has 0 radical (unpaired) electrons. The molecule has 8 heteroatoms. The van der Waals surface area contributed by atoms with Crippen molar-refractivity contribution in [2.75, 3.05) is 12.4 Å². The van der Waals surface area contributed by atoms with Crippen LogP contribution in [0, 0.1) is 0 Å². The van der Waals surface area contributed by atoms with Gasteiger partial charge < -0.3 is 0 Å². The predicted octanol–water partition coefficient (Wildman–Crippen LogP) is 5.00. The number of nitrogens with zero attached hydrogens (tertiary/aromatic N) is 2. The van der Waals surface area contributed by atoms with Crippen LogP contribution in [0.3, 0.4) is 0 Å². The van der Waals surface area contributed by atoms with E-state index in [1.165, 1.54) is 39.9 Å². The lowest BCUT2D eigenvalue weighted by molar-refractivity contribution is 0.102.